The molecule has 0 radical (unpaired) electrons. The third-order valence-corrected chi connectivity index (χ3v) is 4.84. The predicted octanol–water partition coefficient (Wildman–Crippen LogP) is 4.52. The van der Waals surface area contributed by atoms with E-state index in [1.807, 2.05) is 25.3 Å². The van der Waals surface area contributed by atoms with Crippen LogP contribution >= 0.6 is 0 Å². The summed E-state index contributed by atoms with van der Waals surface area (Å²) in [7, 11) is 3.80. The second-order valence-electron chi connectivity index (χ2n) is 6.03. The molecule has 2 aromatic carbocycles. The third kappa shape index (κ3) is 3.10. The number of allylic oxidation sites excluding steroid dienone is 1. The van der Waals surface area contributed by atoms with Gasteiger partial charge in [0.25, 0.3) is 0 Å². The summed E-state index contributed by atoms with van der Waals surface area (Å²) < 4.78 is 6.27. The first-order valence-electron chi connectivity index (χ1n) is 8.10. The standard InChI is InChI=1S/C21H27NO/c1-5-6-17-20(2,22-3)21(23-4,18-13-9-7-10-14-18)19-15-11-8-12-16-19/h5,7-16,22H,1,6,17H2,2-4H3. The van der Waals surface area contributed by atoms with Crippen LogP contribution < -0.4 is 5.32 Å². The van der Waals surface area contributed by atoms with Crippen molar-refractivity contribution in [3.05, 3.63) is 84.4 Å². The maximum absolute atomic E-state index is 6.27. The summed E-state index contributed by atoms with van der Waals surface area (Å²) in [6, 6.07) is 20.9. The van der Waals surface area contributed by atoms with E-state index in [0.717, 1.165) is 24.0 Å². The molecule has 0 spiro atoms. The van der Waals surface area contributed by atoms with Gasteiger partial charge in [-0.2, -0.15) is 0 Å². The smallest absolute Gasteiger partial charge is 0.135 e. The molecule has 0 saturated heterocycles. The number of methoxy groups -OCH3 is 1. The lowest BCUT2D eigenvalue weighted by Crippen LogP contribution is -2.59. The summed E-state index contributed by atoms with van der Waals surface area (Å²) in [5.74, 6) is 0. The molecule has 0 fully saturated rings. The monoisotopic (exact) mass is 309 g/mol. The molecule has 2 aromatic rings. The van der Waals surface area contributed by atoms with Crippen molar-refractivity contribution in [3.63, 3.8) is 0 Å². The van der Waals surface area contributed by atoms with Crippen molar-refractivity contribution in [2.45, 2.75) is 30.9 Å². The van der Waals surface area contributed by atoms with Crippen molar-refractivity contribution < 1.29 is 4.74 Å². The molecule has 23 heavy (non-hydrogen) atoms. The lowest BCUT2D eigenvalue weighted by molar-refractivity contribution is -0.0541. The van der Waals surface area contributed by atoms with Crippen LogP contribution in [0, 0.1) is 0 Å². The minimum absolute atomic E-state index is 0.279. The number of likely N-dealkylation sites (N-methyl/N-ethyl adjacent to an activating group) is 1. The van der Waals surface area contributed by atoms with Crippen molar-refractivity contribution >= 4 is 0 Å². The number of ether oxygens (including phenoxy) is 1. The minimum atomic E-state index is -0.576. The molecule has 0 aliphatic rings. The lowest BCUT2D eigenvalue weighted by atomic mass is 9.69. The van der Waals surface area contributed by atoms with Gasteiger partial charge in [0.2, 0.25) is 0 Å². The number of hydrogen-bond donors (Lipinski definition) is 1. The van der Waals surface area contributed by atoms with E-state index in [1.165, 1.54) is 0 Å². The molecule has 0 aromatic heterocycles. The Balaban J connectivity index is 2.70. The fourth-order valence-corrected chi connectivity index (χ4v) is 3.48. The van der Waals surface area contributed by atoms with Crippen molar-refractivity contribution in [1.29, 1.82) is 0 Å². The van der Waals surface area contributed by atoms with Gasteiger partial charge >= 0.3 is 0 Å². The molecule has 122 valence electrons. The number of nitrogens with one attached hydrogen (secondary N) is 1. The zero-order chi connectivity index (χ0) is 16.8. The van der Waals surface area contributed by atoms with E-state index < -0.39 is 5.60 Å². The molecule has 0 aliphatic carbocycles. The molecule has 2 nitrogen and oxygen atoms in total. The van der Waals surface area contributed by atoms with Crippen LogP contribution in [0.1, 0.15) is 30.9 Å². The van der Waals surface area contributed by atoms with Crippen LogP contribution in [-0.2, 0) is 10.3 Å². The largest absolute Gasteiger partial charge is 0.367 e. The molecule has 2 heteroatoms. The Morgan fingerprint density at radius 2 is 1.48 bits per heavy atom. The van der Waals surface area contributed by atoms with Crippen molar-refractivity contribution in [2.75, 3.05) is 14.2 Å². The molecule has 0 heterocycles. The van der Waals surface area contributed by atoms with E-state index >= 15 is 0 Å². The first kappa shape index (κ1) is 17.5. The Hall–Kier alpha value is -1.90. The Kier molecular flexibility index (Phi) is 5.75. The zero-order valence-corrected chi connectivity index (χ0v) is 14.4. The van der Waals surface area contributed by atoms with Crippen LogP contribution in [0.2, 0.25) is 0 Å². The maximum Gasteiger partial charge on any atom is 0.135 e. The summed E-state index contributed by atoms with van der Waals surface area (Å²) >= 11 is 0. The molecular formula is C21H27NO. The maximum atomic E-state index is 6.27. The highest BCUT2D eigenvalue weighted by Gasteiger charge is 2.49. The SMILES string of the molecule is C=CCCC(C)(NC)C(OC)(c1ccccc1)c1ccccc1. The number of benzene rings is 2. The van der Waals surface area contributed by atoms with Gasteiger partial charge in [-0.15, -0.1) is 6.58 Å². The molecular weight excluding hydrogens is 282 g/mol. The van der Waals surface area contributed by atoms with E-state index in [4.69, 9.17) is 4.74 Å². The van der Waals surface area contributed by atoms with Crippen molar-refractivity contribution in [3.8, 4) is 0 Å². The minimum Gasteiger partial charge on any atom is -0.367 e. The highest BCUT2D eigenvalue weighted by molar-refractivity contribution is 5.41. The van der Waals surface area contributed by atoms with Gasteiger partial charge in [0, 0.05) is 7.11 Å². The second kappa shape index (κ2) is 7.58. The predicted molar refractivity (Wildman–Crippen MR) is 97.6 cm³/mol. The van der Waals surface area contributed by atoms with Gasteiger partial charge in [0.15, 0.2) is 0 Å². The quantitative estimate of drug-likeness (QED) is 0.724. The van der Waals surface area contributed by atoms with Crippen LogP contribution in [0.25, 0.3) is 0 Å². The Morgan fingerprint density at radius 3 is 1.83 bits per heavy atom. The zero-order valence-electron chi connectivity index (χ0n) is 14.4. The Morgan fingerprint density at radius 1 is 1.00 bits per heavy atom. The van der Waals surface area contributed by atoms with Crippen LogP contribution in [0.4, 0.5) is 0 Å². The average Bonchev–Trinajstić information content (AvgIpc) is 2.63. The van der Waals surface area contributed by atoms with E-state index in [2.05, 4.69) is 67.4 Å². The van der Waals surface area contributed by atoms with E-state index in [0.29, 0.717) is 0 Å². The highest BCUT2D eigenvalue weighted by Crippen LogP contribution is 2.44. The molecule has 0 saturated carbocycles. The first-order valence-corrected chi connectivity index (χ1v) is 8.10. The summed E-state index contributed by atoms with van der Waals surface area (Å²) in [5, 5.41) is 3.53. The van der Waals surface area contributed by atoms with Gasteiger partial charge < -0.3 is 10.1 Å². The molecule has 0 bridgehead atoms. The van der Waals surface area contributed by atoms with Gasteiger partial charge in [0.05, 0.1) is 5.54 Å². The highest BCUT2D eigenvalue weighted by atomic mass is 16.5. The summed E-state index contributed by atoms with van der Waals surface area (Å²) in [6.45, 7) is 6.11. The van der Waals surface area contributed by atoms with E-state index in [9.17, 15) is 0 Å². The van der Waals surface area contributed by atoms with E-state index in [1.54, 1.807) is 7.11 Å². The Labute approximate surface area is 140 Å². The number of hydrogen-bond acceptors (Lipinski definition) is 2. The molecule has 1 N–H and O–H groups in total. The van der Waals surface area contributed by atoms with Gasteiger partial charge in [-0.25, -0.2) is 0 Å². The fourth-order valence-electron chi connectivity index (χ4n) is 3.48. The van der Waals surface area contributed by atoms with Gasteiger partial charge in [-0.1, -0.05) is 66.7 Å². The van der Waals surface area contributed by atoms with Crippen LogP contribution in [0.3, 0.4) is 0 Å². The topological polar surface area (TPSA) is 21.3 Å². The summed E-state index contributed by atoms with van der Waals surface area (Å²) in [6.07, 6.45) is 3.80. The first-order chi connectivity index (χ1) is 11.1. The van der Waals surface area contributed by atoms with Crippen molar-refractivity contribution in [2.24, 2.45) is 0 Å². The molecule has 2 rings (SSSR count). The molecule has 1 unspecified atom stereocenters. The third-order valence-electron chi connectivity index (χ3n) is 4.84. The second-order valence-corrected chi connectivity index (χ2v) is 6.03. The molecule has 0 amide bonds. The van der Waals surface area contributed by atoms with Crippen molar-refractivity contribution in [1.82, 2.24) is 5.32 Å². The van der Waals surface area contributed by atoms with Crippen LogP contribution in [0.15, 0.2) is 73.3 Å². The van der Waals surface area contributed by atoms with Gasteiger partial charge in [-0.05, 0) is 37.9 Å². The molecule has 1 atom stereocenters. The van der Waals surface area contributed by atoms with Crippen LogP contribution in [0.5, 0.6) is 0 Å². The lowest BCUT2D eigenvalue weighted by Gasteiger charge is -2.48. The van der Waals surface area contributed by atoms with Gasteiger partial charge in [-0.3, -0.25) is 0 Å². The molecule has 0 aliphatic heterocycles. The average molecular weight is 309 g/mol. The number of rotatable bonds is 8. The summed E-state index contributed by atoms with van der Waals surface area (Å²) in [5.41, 5.74) is 1.44. The van der Waals surface area contributed by atoms with E-state index in [-0.39, 0.29) is 5.54 Å². The fraction of sp³-hybridized carbons (Fsp3) is 0.333. The normalized spacial score (nSPS) is 14.2. The Bertz CT molecular complexity index is 569. The summed E-state index contributed by atoms with van der Waals surface area (Å²) in [4.78, 5) is 0. The van der Waals surface area contributed by atoms with Crippen LogP contribution in [-0.4, -0.2) is 19.7 Å². The van der Waals surface area contributed by atoms with Gasteiger partial charge in [0.1, 0.15) is 5.60 Å².